The van der Waals surface area contributed by atoms with Crippen molar-refractivity contribution in [3.8, 4) is 5.82 Å². The number of sulfonamides is 1. The van der Waals surface area contributed by atoms with E-state index >= 15 is 0 Å². The molecule has 0 radical (unpaired) electrons. The largest absolute Gasteiger partial charge is 0.354 e. The SMILES string of the molecule is O=S(=O)(c1ccc2c(c1)CCCC2)N1CCN(c2cc(-n3cccn3)ncn2)CC1. The zero-order chi connectivity index (χ0) is 20.6. The second kappa shape index (κ2) is 7.81. The van der Waals surface area contributed by atoms with Crippen molar-refractivity contribution in [3.05, 3.63) is 60.2 Å². The van der Waals surface area contributed by atoms with Crippen LogP contribution in [0, 0.1) is 0 Å². The Kier molecular flexibility index (Phi) is 5.00. The molecule has 0 unspecified atom stereocenters. The number of nitrogens with zero attached hydrogens (tertiary/aromatic N) is 6. The number of benzene rings is 1. The van der Waals surface area contributed by atoms with Gasteiger partial charge < -0.3 is 4.90 Å². The first-order chi connectivity index (χ1) is 14.6. The van der Waals surface area contributed by atoms with Gasteiger partial charge in [-0.15, -0.1) is 0 Å². The van der Waals surface area contributed by atoms with Gasteiger partial charge in [-0.1, -0.05) is 6.07 Å². The monoisotopic (exact) mass is 424 g/mol. The Morgan fingerprint density at radius 1 is 0.867 bits per heavy atom. The van der Waals surface area contributed by atoms with Crippen molar-refractivity contribution >= 4 is 15.8 Å². The Morgan fingerprint density at radius 3 is 2.40 bits per heavy atom. The molecule has 3 aromatic rings. The summed E-state index contributed by atoms with van der Waals surface area (Å²) in [5.41, 5.74) is 2.48. The third-order valence-electron chi connectivity index (χ3n) is 5.90. The summed E-state index contributed by atoms with van der Waals surface area (Å²) in [6.07, 6.45) is 9.39. The van der Waals surface area contributed by atoms with E-state index in [-0.39, 0.29) is 0 Å². The second-order valence-electron chi connectivity index (χ2n) is 7.71. The van der Waals surface area contributed by atoms with Gasteiger partial charge in [0, 0.05) is 44.6 Å². The zero-order valence-electron chi connectivity index (χ0n) is 16.7. The Labute approximate surface area is 176 Å². The first-order valence-corrected chi connectivity index (χ1v) is 11.7. The van der Waals surface area contributed by atoms with Crippen molar-refractivity contribution in [2.45, 2.75) is 30.6 Å². The van der Waals surface area contributed by atoms with Gasteiger partial charge in [0.2, 0.25) is 10.0 Å². The van der Waals surface area contributed by atoms with E-state index in [1.165, 1.54) is 23.9 Å². The van der Waals surface area contributed by atoms with Gasteiger partial charge in [-0.3, -0.25) is 0 Å². The molecule has 2 aromatic heterocycles. The molecule has 1 aliphatic carbocycles. The summed E-state index contributed by atoms with van der Waals surface area (Å²) >= 11 is 0. The number of fused-ring (bicyclic) bond motifs is 1. The Bertz CT molecular complexity index is 1140. The highest BCUT2D eigenvalue weighted by atomic mass is 32.2. The summed E-state index contributed by atoms with van der Waals surface area (Å²) < 4.78 is 29.7. The van der Waals surface area contributed by atoms with Crippen LogP contribution in [0.25, 0.3) is 5.82 Å². The average molecular weight is 425 g/mol. The van der Waals surface area contributed by atoms with Crippen LogP contribution in [0.15, 0.2) is 53.9 Å². The molecule has 0 atom stereocenters. The molecule has 3 heterocycles. The molecule has 0 amide bonds. The molecule has 0 saturated carbocycles. The molecule has 1 saturated heterocycles. The van der Waals surface area contributed by atoms with E-state index in [4.69, 9.17) is 0 Å². The van der Waals surface area contributed by atoms with E-state index in [1.54, 1.807) is 21.3 Å². The van der Waals surface area contributed by atoms with E-state index in [9.17, 15) is 8.42 Å². The lowest BCUT2D eigenvalue weighted by atomic mass is 9.92. The lowest BCUT2D eigenvalue weighted by molar-refractivity contribution is 0.383. The molecule has 2 aliphatic rings. The fourth-order valence-corrected chi connectivity index (χ4v) is 5.69. The molecular formula is C21H24N6O2S. The number of hydrogen-bond acceptors (Lipinski definition) is 6. The predicted octanol–water partition coefficient (Wildman–Crippen LogP) is 2.05. The van der Waals surface area contributed by atoms with E-state index < -0.39 is 10.0 Å². The van der Waals surface area contributed by atoms with Gasteiger partial charge >= 0.3 is 0 Å². The Balaban J connectivity index is 1.30. The quantitative estimate of drug-likeness (QED) is 0.637. The van der Waals surface area contributed by atoms with Crippen molar-refractivity contribution in [1.29, 1.82) is 0 Å². The normalized spacial score (nSPS) is 17.7. The lowest BCUT2D eigenvalue weighted by Crippen LogP contribution is -2.49. The third kappa shape index (κ3) is 3.59. The second-order valence-corrected chi connectivity index (χ2v) is 9.65. The molecule has 5 rings (SSSR count). The van der Waals surface area contributed by atoms with E-state index in [0.29, 0.717) is 36.9 Å². The van der Waals surface area contributed by atoms with E-state index in [0.717, 1.165) is 25.1 Å². The lowest BCUT2D eigenvalue weighted by Gasteiger charge is -2.34. The van der Waals surface area contributed by atoms with Crippen molar-refractivity contribution in [1.82, 2.24) is 24.1 Å². The summed E-state index contributed by atoms with van der Waals surface area (Å²) in [6.45, 7) is 2.03. The molecule has 156 valence electrons. The highest BCUT2D eigenvalue weighted by Crippen LogP contribution is 2.26. The summed E-state index contributed by atoms with van der Waals surface area (Å²) in [5.74, 6) is 1.47. The maximum Gasteiger partial charge on any atom is 0.243 e. The number of rotatable bonds is 4. The molecule has 8 nitrogen and oxygen atoms in total. The fraction of sp³-hybridized carbons (Fsp3) is 0.381. The Morgan fingerprint density at radius 2 is 1.63 bits per heavy atom. The number of aryl methyl sites for hydroxylation is 2. The van der Waals surface area contributed by atoms with Gasteiger partial charge in [-0.05, 0) is 55.0 Å². The van der Waals surface area contributed by atoms with Crippen LogP contribution >= 0.6 is 0 Å². The fourth-order valence-electron chi connectivity index (χ4n) is 4.22. The maximum atomic E-state index is 13.2. The minimum Gasteiger partial charge on any atom is -0.354 e. The van der Waals surface area contributed by atoms with Crippen LogP contribution in [0.3, 0.4) is 0 Å². The first kappa shape index (κ1) is 19.2. The van der Waals surface area contributed by atoms with Crippen molar-refractivity contribution in [2.75, 3.05) is 31.1 Å². The molecule has 1 aromatic carbocycles. The minimum absolute atomic E-state index is 0.416. The Hall–Kier alpha value is -2.78. The van der Waals surface area contributed by atoms with Gasteiger partial charge in [0.1, 0.15) is 12.1 Å². The highest BCUT2D eigenvalue weighted by molar-refractivity contribution is 7.89. The van der Waals surface area contributed by atoms with Gasteiger partial charge in [0.05, 0.1) is 4.90 Å². The van der Waals surface area contributed by atoms with Gasteiger partial charge in [-0.2, -0.15) is 9.40 Å². The summed E-state index contributed by atoms with van der Waals surface area (Å²) in [7, 11) is -3.48. The molecule has 9 heteroatoms. The summed E-state index contributed by atoms with van der Waals surface area (Å²) in [6, 6.07) is 9.37. The van der Waals surface area contributed by atoms with E-state index in [1.807, 2.05) is 30.5 Å². The summed E-state index contributed by atoms with van der Waals surface area (Å²) in [4.78, 5) is 11.1. The minimum atomic E-state index is -3.48. The number of hydrogen-bond donors (Lipinski definition) is 0. The predicted molar refractivity (Wildman–Crippen MR) is 113 cm³/mol. The number of anilines is 1. The molecule has 0 N–H and O–H groups in total. The van der Waals surface area contributed by atoms with Gasteiger partial charge in [0.15, 0.2) is 5.82 Å². The van der Waals surface area contributed by atoms with Crippen molar-refractivity contribution in [2.24, 2.45) is 0 Å². The highest BCUT2D eigenvalue weighted by Gasteiger charge is 2.29. The molecule has 0 bridgehead atoms. The molecule has 1 aliphatic heterocycles. The molecular weight excluding hydrogens is 400 g/mol. The van der Waals surface area contributed by atoms with Crippen LogP contribution in [-0.4, -0.2) is 58.7 Å². The topological polar surface area (TPSA) is 84.2 Å². The maximum absolute atomic E-state index is 13.2. The van der Waals surface area contributed by atoms with Crippen LogP contribution in [0.1, 0.15) is 24.0 Å². The van der Waals surface area contributed by atoms with Crippen LogP contribution in [-0.2, 0) is 22.9 Å². The van der Waals surface area contributed by atoms with Crippen molar-refractivity contribution in [3.63, 3.8) is 0 Å². The number of aromatic nitrogens is 4. The van der Waals surface area contributed by atoms with Gasteiger partial charge in [-0.25, -0.2) is 23.1 Å². The number of piperazine rings is 1. The van der Waals surface area contributed by atoms with Crippen LogP contribution in [0.4, 0.5) is 5.82 Å². The average Bonchev–Trinajstić information content (AvgIpc) is 3.34. The van der Waals surface area contributed by atoms with Gasteiger partial charge in [0.25, 0.3) is 0 Å². The standard InChI is InChI=1S/C21H24N6O2S/c28-30(29,19-7-6-17-4-1-2-5-18(17)14-19)26-12-10-25(11-13-26)20-15-21(23-16-22-20)27-9-3-8-24-27/h3,6-9,14-16H,1-2,4-5,10-13H2. The summed E-state index contributed by atoms with van der Waals surface area (Å²) in [5, 5.41) is 4.20. The third-order valence-corrected chi connectivity index (χ3v) is 7.79. The first-order valence-electron chi connectivity index (χ1n) is 10.3. The van der Waals surface area contributed by atoms with Crippen LogP contribution in [0.5, 0.6) is 0 Å². The van der Waals surface area contributed by atoms with Crippen LogP contribution in [0.2, 0.25) is 0 Å². The molecule has 0 spiro atoms. The zero-order valence-corrected chi connectivity index (χ0v) is 17.5. The van der Waals surface area contributed by atoms with Crippen LogP contribution < -0.4 is 4.90 Å². The van der Waals surface area contributed by atoms with Crippen molar-refractivity contribution < 1.29 is 8.42 Å². The van der Waals surface area contributed by atoms with E-state index in [2.05, 4.69) is 20.0 Å². The molecule has 1 fully saturated rings. The molecule has 30 heavy (non-hydrogen) atoms. The smallest absolute Gasteiger partial charge is 0.243 e.